The van der Waals surface area contributed by atoms with Crippen molar-refractivity contribution in [1.82, 2.24) is 24.3 Å². The molecule has 3 aromatic rings. The first-order valence-corrected chi connectivity index (χ1v) is 13.6. The molecule has 0 unspecified atom stereocenters. The molecule has 0 spiro atoms. The molecule has 2 aromatic heterocycles. The molecule has 1 aliphatic heterocycles. The fourth-order valence-electron chi connectivity index (χ4n) is 5.50. The Balaban J connectivity index is 1.41. The topological polar surface area (TPSA) is 78.7 Å². The zero-order chi connectivity index (χ0) is 24.9. The molecule has 8 nitrogen and oxygen atoms in total. The van der Waals surface area contributed by atoms with Crippen LogP contribution in [0.15, 0.2) is 41.8 Å². The third-order valence-corrected chi connectivity index (χ3v) is 7.86. The molecule has 1 N–H and O–H groups in total. The number of hydrogen-bond acceptors (Lipinski definition) is 7. The highest BCUT2D eigenvalue weighted by molar-refractivity contribution is 5.94. The van der Waals surface area contributed by atoms with E-state index in [0.29, 0.717) is 12.0 Å². The third kappa shape index (κ3) is 5.60. The van der Waals surface area contributed by atoms with Gasteiger partial charge in [-0.3, -0.25) is 4.90 Å². The van der Waals surface area contributed by atoms with Crippen LogP contribution >= 0.6 is 0 Å². The number of unbranched alkanes of at least 4 members (excludes halogenated alkanes) is 1. The first kappa shape index (κ1) is 24.8. The van der Waals surface area contributed by atoms with E-state index in [4.69, 9.17) is 4.98 Å². The Labute approximate surface area is 214 Å². The van der Waals surface area contributed by atoms with Gasteiger partial charge in [0.05, 0.1) is 6.04 Å². The summed E-state index contributed by atoms with van der Waals surface area (Å²) in [7, 11) is 2.20. The molecule has 8 heteroatoms. The van der Waals surface area contributed by atoms with Crippen molar-refractivity contribution in [2.24, 2.45) is 5.18 Å². The summed E-state index contributed by atoms with van der Waals surface area (Å²) in [4.78, 5) is 25.6. The minimum Gasteiger partial charge on any atom is -0.354 e. The van der Waals surface area contributed by atoms with Gasteiger partial charge in [-0.2, -0.15) is 9.89 Å². The number of nitroso groups, excluding NO2 is 1. The van der Waals surface area contributed by atoms with Crippen LogP contribution in [-0.4, -0.2) is 70.1 Å². The molecule has 1 saturated heterocycles. The number of aromatic nitrogens is 3. The maximum absolute atomic E-state index is 11.1. The lowest BCUT2D eigenvalue weighted by Crippen LogP contribution is -2.43. The molecule has 0 atom stereocenters. The third-order valence-electron chi connectivity index (χ3n) is 7.86. The van der Waals surface area contributed by atoms with Gasteiger partial charge >= 0.3 is 0 Å². The van der Waals surface area contributed by atoms with Crippen LogP contribution in [-0.2, 0) is 6.54 Å². The highest BCUT2D eigenvalue weighted by Crippen LogP contribution is 2.37. The lowest BCUT2D eigenvalue weighted by molar-refractivity contribution is 0.148. The van der Waals surface area contributed by atoms with Crippen LogP contribution in [0.2, 0.25) is 0 Å². The summed E-state index contributed by atoms with van der Waals surface area (Å²) in [5, 5.41) is 7.76. The number of anilines is 1. The number of nitrogens with zero attached hydrogens (tertiary/aromatic N) is 6. The van der Waals surface area contributed by atoms with Gasteiger partial charge in [-0.1, -0.05) is 42.8 Å². The Morgan fingerprint density at radius 1 is 1.06 bits per heavy atom. The smallest absolute Gasteiger partial charge is 0.224 e. The predicted molar refractivity (Wildman–Crippen MR) is 146 cm³/mol. The standard InChI is InChI=1S/C28H39N7O/c1-3-4-13-29-28-30-18-25-26(20-35(27(25)31-28)24-11-9-23(32-36)10-12-24)22-7-5-21(6-8-22)19-34-16-14-33(2)15-17-34/h5-8,18,20,23-24H,3-4,9-17,19H2,1-2H3,(H,29,30,31). The minimum absolute atomic E-state index is 0.0451. The van der Waals surface area contributed by atoms with Crippen LogP contribution in [0, 0.1) is 4.91 Å². The Morgan fingerprint density at radius 3 is 2.50 bits per heavy atom. The molecule has 0 amide bonds. The first-order valence-electron chi connectivity index (χ1n) is 13.6. The second kappa shape index (κ2) is 11.5. The van der Waals surface area contributed by atoms with Crippen molar-refractivity contribution in [2.45, 2.75) is 64.1 Å². The number of benzene rings is 1. The summed E-state index contributed by atoms with van der Waals surface area (Å²) >= 11 is 0. The Hall–Kier alpha value is -2.84. The fraction of sp³-hybridized carbons (Fsp3) is 0.571. The molecule has 192 valence electrons. The molecule has 3 heterocycles. The zero-order valence-corrected chi connectivity index (χ0v) is 21.7. The molecule has 1 aliphatic carbocycles. The van der Waals surface area contributed by atoms with E-state index in [0.717, 1.165) is 88.8 Å². The summed E-state index contributed by atoms with van der Waals surface area (Å²) in [6.07, 6.45) is 10.0. The van der Waals surface area contributed by atoms with Crippen LogP contribution in [0.25, 0.3) is 22.2 Å². The van der Waals surface area contributed by atoms with Gasteiger partial charge in [-0.25, -0.2) is 4.98 Å². The van der Waals surface area contributed by atoms with Gasteiger partial charge in [0.15, 0.2) is 0 Å². The van der Waals surface area contributed by atoms with Crippen molar-refractivity contribution >= 4 is 17.0 Å². The second-order valence-electron chi connectivity index (χ2n) is 10.5. The molecule has 1 aromatic carbocycles. The van der Waals surface area contributed by atoms with Gasteiger partial charge in [0.25, 0.3) is 0 Å². The normalized spacial score (nSPS) is 21.6. The molecular formula is C28H39N7O. The quantitative estimate of drug-likeness (QED) is 0.324. The van der Waals surface area contributed by atoms with E-state index in [9.17, 15) is 4.91 Å². The van der Waals surface area contributed by atoms with E-state index in [1.165, 1.54) is 16.7 Å². The van der Waals surface area contributed by atoms with Gasteiger partial charge in [0, 0.05) is 68.7 Å². The second-order valence-corrected chi connectivity index (χ2v) is 10.5. The number of piperazine rings is 1. The Kier molecular flexibility index (Phi) is 7.92. The Morgan fingerprint density at radius 2 is 1.81 bits per heavy atom. The number of fused-ring (bicyclic) bond motifs is 1. The molecule has 2 fully saturated rings. The van der Waals surface area contributed by atoms with Crippen molar-refractivity contribution in [3.05, 3.63) is 47.1 Å². The van der Waals surface area contributed by atoms with Crippen LogP contribution in [0.1, 0.15) is 57.1 Å². The van der Waals surface area contributed by atoms with Crippen molar-refractivity contribution in [2.75, 3.05) is 45.1 Å². The number of nitrogens with one attached hydrogen (secondary N) is 1. The van der Waals surface area contributed by atoms with E-state index in [1.807, 2.05) is 6.20 Å². The SMILES string of the molecule is CCCCNc1ncc2c(-c3ccc(CN4CCN(C)CC4)cc3)cn(C3CCC(N=O)CC3)c2n1. The summed E-state index contributed by atoms with van der Waals surface area (Å²) in [6, 6.07) is 9.29. The average Bonchev–Trinajstić information content (AvgIpc) is 3.29. The average molecular weight is 490 g/mol. The van der Waals surface area contributed by atoms with Gasteiger partial charge in [-0.05, 0) is 50.3 Å². The van der Waals surface area contributed by atoms with Crippen LogP contribution in [0.5, 0.6) is 0 Å². The molecule has 1 saturated carbocycles. The van der Waals surface area contributed by atoms with Crippen molar-refractivity contribution in [1.29, 1.82) is 0 Å². The lowest BCUT2D eigenvalue weighted by Gasteiger charge is -2.32. The van der Waals surface area contributed by atoms with E-state index < -0.39 is 0 Å². The van der Waals surface area contributed by atoms with Crippen molar-refractivity contribution < 1.29 is 0 Å². The van der Waals surface area contributed by atoms with E-state index >= 15 is 0 Å². The number of rotatable bonds is 9. The first-order chi connectivity index (χ1) is 17.6. The molecular weight excluding hydrogens is 450 g/mol. The largest absolute Gasteiger partial charge is 0.354 e. The highest BCUT2D eigenvalue weighted by Gasteiger charge is 2.26. The molecule has 5 rings (SSSR count). The number of hydrogen-bond donors (Lipinski definition) is 1. The highest BCUT2D eigenvalue weighted by atomic mass is 16.3. The predicted octanol–water partition coefficient (Wildman–Crippen LogP) is 5.31. The number of likely N-dealkylation sites (N-methyl/N-ethyl adjacent to an activating group) is 1. The van der Waals surface area contributed by atoms with Gasteiger partial charge < -0.3 is 14.8 Å². The van der Waals surface area contributed by atoms with Gasteiger partial charge in [0.1, 0.15) is 5.65 Å². The van der Waals surface area contributed by atoms with E-state index in [-0.39, 0.29) is 6.04 Å². The molecule has 0 radical (unpaired) electrons. The summed E-state index contributed by atoms with van der Waals surface area (Å²) in [5.74, 6) is 0.688. The van der Waals surface area contributed by atoms with Crippen LogP contribution in [0.3, 0.4) is 0 Å². The lowest BCUT2D eigenvalue weighted by atomic mass is 9.91. The van der Waals surface area contributed by atoms with E-state index in [1.54, 1.807) is 0 Å². The van der Waals surface area contributed by atoms with Crippen molar-refractivity contribution in [3.63, 3.8) is 0 Å². The minimum atomic E-state index is -0.0451. The molecule has 0 bridgehead atoms. The van der Waals surface area contributed by atoms with E-state index in [2.05, 4.69) is 74.3 Å². The van der Waals surface area contributed by atoms with Crippen LogP contribution < -0.4 is 5.32 Å². The summed E-state index contributed by atoms with van der Waals surface area (Å²) < 4.78 is 2.33. The summed E-state index contributed by atoms with van der Waals surface area (Å²) in [5.41, 5.74) is 4.69. The van der Waals surface area contributed by atoms with Gasteiger partial charge in [-0.15, -0.1) is 0 Å². The van der Waals surface area contributed by atoms with Gasteiger partial charge in [0.2, 0.25) is 5.95 Å². The van der Waals surface area contributed by atoms with Crippen LogP contribution in [0.4, 0.5) is 5.95 Å². The summed E-state index contributed by atoms with van der Waals surface area (Å²) in [6.45, 7) is 8.58. The maximum Gasteiger partial charge on any atom is 0.224 e. The fourth-order valence-corrected chi connectivity index (χ4v) is 5.50. The monoisotopic (exact) mass is 489 g/mol. The van der Waals surface area contributed by atoms with Crippen molar-refractivity contribution in [3.8, 4) is 11.1 Å². The molecule has 36 heavy (non-hydrogen) atoms. The maximum atomic E-state index is 11.1. The zero-order valence-electron chi connectivity index (χ0n) is 21.7. The molecule has 2 aliphatic rings. The Bertz CT molecular complexity index is 1140.